The zero-order valence-electron chi connectivity index (χ0n) is 20.0. The van der Waals surface area contributed by atoms with E-state index in [1.54, 1.807) is 18.3 Å². The van der Waals surface area contributed by atoms with Crippen LogP contribution in [0.5, 0.6) is 0 Å². The van der Waals surface area contributed by atoms with Gasteiger partial charge < -0.3 is 16.0 Å². The van der Waals surface area contributed by atoms with Gasteiger partial charge in [-0.15, -0.1) is 0 Å². The van der Waals surface area contributed by atoms with Crippen molar-refractivity contribution < 1.29 is 9.59 Å². The van der Waals surface area contributed by atoms with Crippen LogP contribution in [0.15, 0.2) is 59.8 Å². The molecule has 2 amide bonds. The van der Waals surface area contributed by atoms with Gasteiger partial charge in [-0.3, -0.25) is 14.9 Å². The number of dihydropyridines is 1. The van der Waals surface area contributed by atoms with Crippen LogP contribution in [-0.2, 0) is 11.3 Å². The van der Waals surface area contributed by atoms with E-state index in [0.29, 0.717) is 28.5 Å². The van der Waals surface area contributed by atoms with Gasteiger partial charge in [0.05, 0.1) is 10.6 Å². The SMILES string of the molecule is O=C1NC(=O)/C(=C/c2ccnc(NC3CCC(CNCc4ccccc4C4=CNCC=C4)CC3)n2)S1. The molecule has 0 atom stereocenters. The highest BCUT2D eigenvalue weighted by Gasteiger charge is 2.25. The number of amides is 2. The summed E-state index contributed by atoms with van der Waals surface area (Å²) in [5.74, 6) is 0.823. The van der Waals surface area contributed by atoms with Crippen molar-refractivity contribution in [3.63, 3.8) is 0 Å². The highest BCUT2D eigenvalue weighted by atomic mass is 32.2. The van der Waals surface area contributed by atoms with Crippen molar-refractivity contribution in [3.05, 3.63) is 76.6 Å². The standard InChI is InChI=1S/C27H30N6O2S/c34-25-24(36-27(35)33-25)14-22-11-13-30-26(32-22)31-21-9-7-18(8-10-21)15-29-17-19-4-1-2-6-23(19)20-5-3-12-28-16-20/h1-6,11,13-14,16,18,21,28-29H,7-10,12,15,17H2,(H,30,31,32)(H,33,34,35)/b24-14-. The van der Waals surface area contributed by atoms with Crippen molar-refractivity contribution in [1.29, 1.82) is 0 Å². The molecule has 1 aliphatic carbocycles. The molecule has 36 heavy (non-hydrogen) atoms. The van der Waals surface area contributed by atoms with Crippen molar-refractivity contribution in [3.8, 4) is 0 Å². The van der Waals surface area contributed by atoms with E-state index < -0.39 is 0 Å². The average Bonchev–Trinajstić information content (AvgIpc) is 3.22. The summed E-state index contributed by atoms with van der Waals surface area (Å²) in [6, 6.07) is 10.6. The van der Waals surface area contributed by atoms with Crippen LogP contribution in [0.2, 0.25) is 0 Å². The molecule has 0 radical (unpaired) electrons. The molecule has 1 saturated carbocycles. The predicted molar refractivity (Wildman–Crippen MR) is 144 cm³/mol. The molecule has 0 unspecified atom stereocenters. The van der Waals surface area contributed by atoms with E-state index in [4.69, 9.17) is 0 Å². The van der Waals surface area contributed by atoms with Gasteiger partial charge in [-0.25, -0.2) is 9.97 Å². The summed E-state index contributed by atoms with van der Waals surface area (Å²) in [6.45, 7) is 2.75. The third-order valence-electron chi connectivity index (χ3n) is 6.65. The number of anilines is 1. The second-order valence-electron chi connectivity index (χ2n) is 9.22. The predicted octanol–water partition coefficient (Wildman–Crippen LogP) is 4.06. The maximum atomic E-state index is 11.8. The van der Waals surface area contributed by atoms with Gasteiger partial charge in [0.2, 0.25) is 5.95 Å². The summed E-state index contributed by atoms with van der Waals surface area (Å²) in [7, 11) is 0. The number of rotatable bonds is 8. The molecular formula is C27H30N6O2S. The van der Waals surface area contributed by atoms with Crippen molar-refractivity contribution in [2.45, 2.75) is 38.3 Å². The Balaban J connectivity index is 1.09. The molecule has 5 rings (SSSR count). The third-order valence-corrected chi connectivity index (χ3v) is 7.46. The van der Waals surface area contributed by atoms with Gasteiger partial charge in [-0.2, -0.15) is 0 Å². The van der Waals surface area contributed by atoms with E-state index in [1.807, 2.05) is 0 Å². The first-order valence-corrected chi connectivity index (χ1v) is 13.2. The van der Waals surface area contributed by atoms with Gasteiger partial charge in [0.15, 0.2) is 0 Å². The molecule has 0 bridgehead atoms. The summed E-state index contributed by atoms with van der Waals surface area (Å²) < 4.78 is 0. The van der Waals surface area contributed by atoms with Crippen LogP contribution < -0.4 is 21.3 Å². The molecule has 3 heterocycles. The van der Waals surface area contributed by atoms with Crippen LogP contribution >= 0.6 is 11.8 Å². The van der Waals surface area contributed by atoms with Gasteiger partial charge in [-0.05, 0) is 78.8 Å². The summed E-state index contributed by atoms with van der Waals surface area (Å²) in [4.78, 5) is 32.3. The maximum absolute atomic E-state index is 11.8. The lowest BCUT2D eigenvalue weighted by molar-refractivity contribution is -0.115. The number of carbonyl (C=O) groups is 2. The zero-order valence-corrected chi connectivity index (χ0v) is 20.8. The van der Waals surface area contributed by atoms with Gasteiger partial charge in [0.1, 0.15) is 0 Å². The fourth-order valence-corrected chi connectivity index (χ4v) is 5.44. The topological polar surface area (TPSA) is 108 Å². The lowest BCUT2D eigenvalue weighted by atomic mass is 9.86. The first-order valence-electron chi connectivity index (χ1n) is 12.4. The number of thioether (sulfide) groups is 1. The molecule has 2 fully saturated rings. The van der Waals surface area contributed by atoms with Crippen molar-refractivity contribution >= 4 is 40.5 Å². The Hall–Kier alpha value is -3.43. The van der Waals surface area contributed by atoms with Gasteiger partial charge >= 0.3 is 0 Å². The lowest BCUT2D eigenvalue weighted by Crippen LogP contribution is -2.31. The zero-order chi connectivity index (χ0) is 24.7. The van der Waals surface area contributed by atoms with Crippen molar-refractivity contribution in [2.24, 2.45) is 5.92 Å². The van der Waals surface area contributed by atoms with Crippen LogP contribution in [0.3, 0.4) is 0 Å². The molecule has 9 heteroatoms. The molecule has 186 valence electrons. The Labute approximate surface area is 215 Å². The number of aromatic nitrogens is 2. The molecule has 4 N–H and O–H groups in total. The summed E-state index contributed by atoms with van der Waals surface area (Å²) in [6.07, 6.45) is 14.1. The first kappa shape index (κ1) is 24.3. The van der Waals surface area contributed by atoms with Crippen LogP contribution in [0.4, 0.5) is 10.7 Å². The van der Waals surface area contributed by atoms with E-state index in [-0.39, 0.29) is 11.1 Å². The second-order valence-corrected chi connectivity index (χ2v) is 10.2. The number of allylic oxidation sites excluding steroid dienone is 2. The molecule has 3 aliphatic rings. The van der Waals surface area contributed by atoms with Gasteiger partial charge in [0, 0.05) is 31.5 Å². The molecule has 2 aromatic rings. The monoisotopic (exact) mass is 502 g/mol. The molecule has 1 aromatic carbocycles. The van der Waals surface area contributed by atoms with Crippen LogP contribution in [0.1, 0.15) is 42.5 Å². The molecule has 1 saturated heterocycles. The fraction of sp³-hybridized carbons (Fsp3) is 0.333. The summed E-state index contributed by atoms with van der Waals surface area (Å²) in [5.41, 5.74) is 4.43. The maximum Gasteiger partial charge on any atom is 0.290 e. The van der Waals surface area contributed by atoms with Crippen LogP contribution in [0.25, 0.3) is 11.6 Å². The molecular weight excluding hydrogens is 472 g/mol. The van der Waals surface area contributed by atoms with Crippen LogP contribution in [0, 0.1) is 5.92 Å². The third kappa shape index (κ3) is 6.22. The minimum Gasteiger partial charge on any atom is -0.387 e. The number of nitrogens with zero attached hydrogens (tertiary/aromatic N) is 2. The summed E-state index contributed by atoms with van der Waals surface area (Å²) >= 11 is 0.889. The second kappa shape index (κ2) is 11.5. The Morgan fingerprint density at radius 3 is 2.75 bits per heavy atom. The molecule has 8 nitrogen and oxygen atoms in total. The number of hydrogen-bond donors (Lipinski definition) is 4. The number of carbonyl (C=O) groups excluding carboxylic acids is 2. The van der Waals surface area contributed by atoms with Crippen molar-refractivity contribution in [1.82, 2.24) is 25.9 Å². The highest BCUT2D eigenvalue weighted by molar-refractivity contribution is 8.18. The molecule has 0 spiro atoms. The minimum atomic E-state index is -0.381. The van der Waals surface area contributed by atoms with Gasteiger partial charge in [-0.1, -0.05) is 36.4 Å². The normalized spacial score (nSPS) is 22.8. The summed E-state index contributed by atoms with van der Waals surface area (Å²) in [5, 5.41) is 12.3. The van der Waals surface area contributed by atoms with Crippen molar-refractivity contribution in [2.75, 3.05) is 18.4 Å². The largest absolute Gasteiger partial charge is 0.387 e. The first-order chi connectivity index (χ1) is 17.6. The Bertz CT molecular complexity index is 1220. The number of imide groups is 1. The smallest absolute Gasteiger partial charge is 0.290 e. The molecule has 1 aromatic heterocycles. The fourth-order valence-electron chi connectivity index (χ4n) is 4.78. The minimum absolute atomic E-state index is 0.327. The van der Waals surface area contributed by atoms with E-state index >= 15 is 0 Å². The Kier molecular flexibility index (Phi) is 7.78. The molecule has 2 aliphatic heterocycles. The quantitative estimate of drug-likeness (QED) is 0.400. The van der Waals surface area contributed by atoms with Gasteiger partial charge in [0.25, 0.3) is 11.1 Å². The number of benzene rings is 1. The van der Waals surface area contributed by atoms with E-state index in [0.717, 1.165) is 57.1 Å². The van der Waals surface area contributed by atoms with Crippen LogP contribution in [-0.4, -0.2) is 40.2 Å². The van der Waals surface area contributed by atoms with E-state index in [1.165, 1.54) is 16.7 Å². The number of nitrogens with one attached hydrogen (secondary N) is 4. The Morgan fingerprint density at radius 2 is 1.97 bits per heavy atom. The lowest BCUT2D eigenvalue weighted by Gasteiger charge is -2.29. The Morgan fingerprint density at radius 1 is 1.11 bits per heavy atom. The van der Waals surface area contributed by atoms with E-state index in [2.05, 4.69) is 73.9 Å². The number of hydrogen-bond acceptors (Lipinski definition) is 8. The highest BCUT2D eigenvalue weighted by Crippen LogP contribution is 2.27. The average molecular weight is 503 g/mol. The van der Waals surface area contributed by atoms with E-state index in [9.17, 15) is 9.59 Å².